The molecule has 1 aliphatic rings. The highest BCUT2D eigenvalue weighted by Gasteiger charge is 2.28. The number of nitrogens with zero attached hydrogens (tertiary/aromatic N) is 4. The van der Waals surface area contributed by atoms with Crippen molar-refractivity contribution in [3.05, 3.63) is 16.8 Å². The lowest BCUT2D eigenvalue weighted by molar-refractivity contribution is -0.135. The van der Waals surface area contributed by atoms with Crippen LogP contribution in [0.15, 0.2) is 0 Å². The quantitative estimate of drug-likeness (QED) is 0.749. The molecular formula is C22H33N5O3. The monoisotopic (exact) mass is 415 g/mol. The minimum Gasteiger partial charge on any atom is -0.479 e. The summed E-state index contributed by atoms with van der Waals surface area (Å²) in [5, 5.41) is 8.25. The number of pyridine rings is 1. The van der Waals surface area contributed by atoms with Gasteiger partial charge in [0.25, 0.3) is 0 Å². The highest BCUT2D eigenvalue weighted by atomic mass is 16.5. The number of likely N-dealkylation sites (tertiary alicyclic amines) is 1. The predicted octanol–water partition coefficient (Wildman–Crippen LogP) is 2.29. The molecule has 1 saturated heterocycles. The van der Waals surface area contributed by atoms with Crippen molar-refractivity contribution in [1.29, 1.82) is 0 Å². The number of rotatable bonds is 7. The summed E-state index contributed by atoms with van der Waals surface area (Å²) in [4.78, 5) is 31.8. The Labute approximate surface area is 178 Å². The van der Waals surface area contributed by atoms with Gasteiger partial charge in [-0.2, -0.15) is 0 Å². The molecule has 164 valence electrons. The molecule has 2 aromatic heterocycles. The molecule has 1 atom stereocenters. The second-order valence-electron chi connectivity index (χ2n) is 8.10. The van der Waals surface area contributed by atoms with Crippen LogP contribution >= 0.6 is 0 Å². The molecule has 3 rings (SSSR count). The number of methoxy groups -OCH3 is 1. The van der Waals surface area contributed by atoms with Crippen LogP contribution in [0.25, 0.3) is 11.0 Å². The van der Waals surface area contributed by atoms with Gasteiger partial charge < -0.3 is 15.0 Å². The van der Waals surface area contributed by atoms with Crippen LogP contribution in [0.4, 0.5) is 0 Å². The second-order valence-corrected chi connectivity index (χ2v) is 8.10. The maximum absolute atomic E-state index is 12.9. The van der Waals surface area contributed by atoms with E-state index in [1.54, 1.807) is 11.8 Å². The summed E-state index contributed by atoms with van der Waals surface area (Å²) in [6, 6.07) is 0. The Balaban J connectivity index is 1.70. The first-order valence-corrected chi connectivity index (χ1v) is 10.8. The van der Waals surface area contributed by atoms with E-state index >= 15 is 0 Å². The van der Waals surface area contributed by atoms with Crippen LogP contribution in [0, 0.1) is 19.8 Å². The van der Waals surface area contributed by atoms with Crippen molar-refractivity contribution >= 4 is 22.8 Å². The molecule has 1 unspecified atom stereocenters. The first-order valence-electron chi connectivity index (χ1n) is 10.8. The Morgan fingerprint density at radius 1 is 1.30 bits per heavy atom. The lowest BCUT2D eigenvalue weighted by Gasteiger charge is -2.32. The number of aryl methyl sites for hydroxylation is 3. The number of piperidine rings is 1. The molecule has 0 spiro atoms. The number of aromatic nitrogens is 3. The Kier molecular flexibility index (Phi) is 6.95. The Morgan fingerprint density at radius 3 is 2.77 bits per heavy atom. The summed E-state index contributed by atoms with van der Waals surface area (Å²) in [7, 11) is 3.46. The number of hydrogen-bond donors (Lipinski definition) is 1. The predicted molar refractivity (Wildman–Crippen MR) is 115 cm³/mol. The SMILES string of the molecule is CCCNC(=O)C1CCCN(C(=O)CCc2c(C)nc3c(c(OC)nn3C)c2C)C1. The zero-order valence-corrected chi connectivity index (χ0v) is 18.7. The average molecular weight is 416 g/mol. The average Bonchev–Trinajstić information content (AvgIpc) is 3.07. The van der Waals surface area contributed by atoms with Gasteiger partial charge in [-0.3, -0.25) is 9.59 Å². The third kappa shape index (κ3) is 4.42. The van der Waals surface area contributed by atoms with Crippen LogP contribution in [-0.4, -0.2) is 58.2 Å². The summed E-state index contributed by atoms with van der Waals surface area (Å²) in [5.74, 6) is 0.622. The first kappa shape index (κ1) is 22.1. The molecule has 0 saturated carbocycles. The van der Waals surface area contributed by atoms with Gasteiger partial charge in [-0.05, 0) is 50.7 Å². The van der Waals surface area contributed by atoms with E-state index in [4.69, 9.17) is 9.72 Å². The zero-order valence-electron chi connectivity index (χ0n) is 18.7. The molecule has 0 aliphatic carbocycles. The fourth-order valence-corrected chi connectivity index (χ4v) is 4.31. The molecule has 1 aliphatic heterocycles. The van der Waals surface area contributed by atoms with E-state index in [0.717, 1.165) is 53.7 Å². The molecule has 1 N–H and O–H groups in total. The fraction of sp³-hybridized carbons (Fsp3) is 0.636. The molecule has 1 fully saturated rings. The van der Waals surface area contributed by atoms with Crippen molar-refractivity contribution in [2.45, 2.75) is 52.9 Å². The Hall–Kier alpha value is -2.64. The molecule has 8 heteroatoms. The summed E-state index contributed by atoms with van der Waals surface area (Å²) in [6.07, 6.45) is 3.65. The van der Waals surface area contributed by atoms with Crippen molar-refractivity contribution in [2.75, 3.05) is 26.7 Å². The van der Waals surface area contributed by atoms with Gasteiger partial charge in [0, 0.05) is 38.8 Å². The molecular weight excluding hydrogens is 382 g/mol. The maximum Gasteiger partial charge on any atom is 0.242 e. The normalized spacial score (nSPS) is 16.7. The number of fused-ring (bicyclic) bond motifs is 1. The van der Waals surface area contributed by atoms with Crippen LogP contribution in [0.2, 0.25) is 0 Å². The van der Waals surface area contributed by atoms with Crippen molar-refractivity contribution in [1.82, 2.24) is 25.0 Å². The molecule has 3 heterocycles. The van der Waals surface area contributed by atoms with Gasteiger partial charge in [0.15, 0.2) is 5.65 Å². The number of amides is 2. The Bertz CT molecular complexity index is 937. The summed E-state index contributed by atoms with van der Waals surface area (Å²) >= 11 is 0. The number of nitrogens with one attached hydrogen (secondary N) is 1. The lowest BCUT2D eigenvalue weighted by atomic mass is 9.96. The van der Waals surface area contributed by atoms with Gasteiger partial charge in [-0.1, -0.05) is 6.92 Å². The largest absolute Gasteiger partial charge is 0.479 e. The topological polar surface area (TPSA) is 89.3 Å². The molecule has 0 radical (unpaired) electrons. The highest BCUT2D eigenvalue weighted by Crippen LogP contribution is 2.30. The molecule has 0 aromatic carbocycles. The van der Waals surface area contributed by atoms with Gasteiger partial charge in [-0.25, -0.2) is 9.67 Å². The zero-order chi connectivity index (χ0) is 21.8. The van der Waals surface area contributed by atoms with Crippen LogP contribution in [0.5, 0.6) is 5.88 Å². The number of ether oxygens (including phenoxy) is 1. The summed E-state index contributed by atoms with van der Waals surface area (Å²) in [5.41, 5.74) is 3.82. The molecule has 2 amide bonds. The van der Waals surface area contributed by atoms with Crippen molar-refractivity contribution in [3.63, 3.8) is 0 Å². The van der Waals surface area contributed by atoms with E-state index in [2.05, 4.69) is 10.4 Å². The minimum atomic E-state index is -0.101. The van der Waals surface area contributed by atoms with Gasteiger partial charge in [0.1, 0.15) is 0 Å². The van der Waals surface area contributed by atoms with Gasteiger partial charge in [0.05, 0.1) is 18.4 Å². The van der Waals surface area contributed by atoms with E-state index in [9.17, 15) is 9.59 Å². The number of carbonyl (C=O) groups is 2. The van der Waals surface area contributed by atoms with E-state index in [1.807, 2.05) is 32.7 Å². The van der Waals surface area contributed by atoms with E-state index < -0.39 is 0 Å². The second kappa shape index (κ2) is 9.45. The summed E-state index contributed by atoms with van der Waals surface area (Å²) < 4.78 is 7.14. The number of hydrogen-bond acceptors (Lipinski definition) is 5. The van der Waals surface area contributed by atoms with Crippen molar-refractivity contribution in [3.8, 4) is 5.88 Å². The van der Waals surface area contributed by atoms with Gasteiger partial charge >= 0.3 is 0 Å². The standard InChI is InChI=1S/C22H33N5O3/c1-6-11-23-21(29)16-8-7-12-27(13-16)18(28)10-9-17-14(2)19-20(24-15(17)3)26(4)25-22(19)30-5/h16H,6-13H2,1-5H3,(H,23,29). The summed E-state index contributed by atoms with van der Waals surface area (Å²) in [6.45, 7) is 7.97. The smallest absolute Gasteiger partial charge is 0.242 e. The van der Waals surface area contributed by atoms with E-state index in [0.29, 0.717) is 31.8 Å². The van der Waals surface area contributed by atoms with Crippen LogP contribution < -0.4 is 10.1 Å². The highest BCUT2D eigenvalue weighted by molar-refractivity contribution is 5.86. The van der Waals surface area contributed by atoms with Crippen molar-refractivity contribution < 1.29 is 14.3 Å². The van der Waals surface area contributed by atoms with Crippen LogP contribution in [0.1, 0.15) is 49.4 Å². The van der Waals surface area contributed by atoms with Crippen LogP contribution in [-0.2, 0) is 23.1 Å². The maximum atomic E-state index is 12.9. The number of carbonyl (C=O) groups excluding carboxylic acids is 2. The first-order chi connectivity index (χ1) is 14.4. The molecule has 0 bridgehead atoms. The third-order valence-electron chi connectivity index (χ3n) is 6.00. The fourth-order valence-electron chi connectivity index (χ4n) is 4.31. The molecule has 30 heavy (non-hydrogen) atoms. The minimum absolute atomic E-state index is 0.0689. The van der Waals surface area contributed by atoms with Gasteiger partial charge in [-0.15, -0.1) is 5.10 Å². The van der Waals surface area contributed by atoms with E-state index in [-0.39, 0.29) is 17.7 Å². The Morgan fingerprint density at radius 2 is 2.07 bits per heavy atom. The van der Waals surface area contributed by atoms with E-state index in [1.165, 1.54) is 0 Å². The molecule has 2 aromatic rings. The third-order valence-corrected chi connectivity index (χ3v) is 6.00. The van der Waals surface area contributed by atoms with Crippen molar-refractivity contribution in [2.24, 2.45) is 13.0 Å². The lowest BCUT2D eigenvalue weighted by Crippen LogP contribution is -2.45. The van der Waals surface area contributed by atoms with Gasteiger partial charge in [0.2, 0.25) is 17.7 Å². The molecule has 8 nitrogen and oxygen atoms in total. The van der Waals surface area contributed by atoms with Crippen LogP contribution in [0.3, 0.4) is 0 Å².